The third kappa shape index (κ3) is 3.41. The predicted molar refractivity (Wildman–Crippen MR) is 81.4 cm³/mol. The van der Waals surface area contributed by atoms with E-state index < -0.39 is 0 Å². The van der Waals surface area contributed by atoms with E-state index in [4.69, 9.17) is 4.74 Å². The molecule has 2 rings (SSSR count). The first-order valence-electron chi connectivity index (χ1n) is 6.74. The van der Waals surface area contributed by atoms with Gasteiger partial charge in [0.1, 0.15) is 5.75 Å². The molecule has 4 nitrogen and oxygen atoms in total. The van der Waals surface area contributed by atoms with Crippen molar-refractivity contribution in [3.63, 3.8) is 0 Å². The molecule has 1 atom stereocenters. The van der Waals surface area contributed by atoms with Crippen LogP contribution in [0.15, 0.2) is 54.6 Å². The molecule has 0 saturated heterocycles. The first-order valence-corrected chi connectivity index (χ1v) is 6.74. The maximum absolute atomic E-state index is 12.4. The summed E-state index contributed by atoms with van der Waals surface area (Å²) < 4.78 is 5.12. The van der Waals surface area contributed by atoms with Crippen molar-refractivity contribution in [2.45, 2.75) is 6.04 Å². The minimum Gasteiger partial charge on any atom is -0.497 e. The van der Waals surface area contributed by atoms with Crippen LogP contribution in [-0.4, -0.2) is 36.7 Å². The standard InChI is InChI=1S/C17H19NO3/c1-18(17(20)14-6-4-3-5-7-14)16(12-19)13-8-10-15(21-2)11-9-13/h3-11,16,19H,12H2,1-2H3. The van der Waals surface area contributed by atoms with Crippen molar-refractivity contribution in [1.82, 2.24) is 4.90 Å². The van der Waals surface area contributed by atoms with Gasteiger partial charge in [0, 0.05) is 12.6 Å². The highest BCUT2D eigenvalue weighted by Crippen LogP contribution is 2.23. The van der Waals surface area contributed by atoms with E-state index in [0.29, 0.717) is 5.56 Å². The van der Waals surface area contributed by atoms with Gasteiger partial charge in [-0.1, -0.05) is 30.3 Å². The summed E-state index contributed by atoms with van der Waals surface area (Å²) in [6.45, 7) is -0.137. The molecule has 2 aromatic rings. The van der Waals surface area contributed by atoms with E-state index in [1.165, 1.54) is 0 Å². The Kier molecular flexibility index (Phi) is 4.95. The van der Waals surface area contributed by atoms with Crippen LogP contribution in [0, 0.1) is 0 Å². The predicted octanol–water partition coefficient (Wildman–Crippen LogP) is 2.50. The molecule has 110 valence electrons. The first kappa shape index (κ1) is 15.1. The molecule has 4 heteroatoms. The molecule has 21 heavy (non-hydrogen) atoms. The third-order valence-electron chi connectivity index (χ3n) is 3.48. The maximum Gasteiger partial charge on any atom is 0.254 e. The van der Waals surface area contributed by atoms with Gasteiger partial charge in [-0.05, 0) is 29.8 Å². The molecule has 0 radical (unpaired) electrons. The average molecular weight is 285 g/mol. The molecule has 0 aromatic heterocycles. The van der Waals surface area contributed by atoms with Crippen molar-refractivity contribution in [2.24, 2.45) is 0 Å². The van der Waals surface area contributed by atoms with Crippen molar-refractivity contribution in [1.29, 1.82) is 0 Å². The van der Waals surface area contributed by atoms with Crippen molar-refractivity contribution < 1.29 is 14.6 Å². The summed E-state index contributed by atoms with van der Waals surface area (Å²) in [6, 6.07) is 16.0. The number of methoxy groups -OCH3 is 1. The molecule has 1 N–H and O–H groups in total. The SMILES string of the molecule is COc1ccc(C(CO)N(C)C(=O)c2ccccc2)cc1. The van der Waals surface area contributed by atoms with Crippen LogP contribution in [0.2, 0.25) is 0 Å². The third-order valence-corrected chi connectivity index (χ3v) is 3.48. The Hall–Kier alpha value is -2.33. The molecule has 1 amide bonds. The van der Waals surface area contributed by atoms with Crippen LogP contribution in [0.25, 0.3) is 0 Å². The van der Waals surface area contributed by atoms with Gasteiger partial charge in [0.25, 0.3) is 5.91 Å². The van der Waals surface area contributed by atoms with Crippen LogP contribution < -0.4 is 4.74 Å². The van der Waals surface area contributed by atoms with Gasteiger partial charge < -0.3 is 14.7 Å². The van der Waals surface area contributed by atoms with Gasteiger partial charge in [0.05, 0.1) is 19.8 Å². The zero-order chi connectivity index (χ0) is 15.2. The molecule has 1 unspecified atom stereocenters. The fraction of sp³-hybridized carbons (Fsp3) is 0.235. The Labute approximate surface area is 124 Å². The van der Waals surface area contributed by atoms with E-state index in [1.807, 2.05) is 42.5 Å². The number of benzene rings is 2. The molecule has 0 aliphatic rings. The second-order valence-corrected chi connectivity index (χ2v) is 4.75. The second kappa shape index (κ2) is 6.90. The van der Waals surface area contributed by atoms with Gasteiger partial charge in [-0.3, -0.25) is 4.79 Å². The lowest BCUT2D eigenvalue weighted by atomic mass is 10.0. The average Bonchev–Trinajstić information content (AvgIpc) is 2.56. The summed E-state index contributed by atoms with van der Waals surface area (Å²) in [4.78, 5) is 14.0. The van der Waals surface area contributed by atoms with E-state index in [9.17, 15) is 9.90 Å². The second-order valence-electron chi connectivity index (χ2n) is 4.75. The molecule has 0 bridgehead atoms. The Balaban J connectivity index is 2.21. The van der Waals surface area contributed by atoms with Crippen molar-refractivity contribution in [3.8, 4) is 5.75 Å². The minimum absolute atomic E-state index is 0.120. The van der Waals surface area contributed by atoms with E-state index in [-0.39, 0.29) is 18.6 Å². The quantitative estimate of drug-likeness (QED) is 0.918. The lowest BCUT2D eigenvalue weighted by Crippen LogP contribution is -2.33. The van der Waals surface area contributed by atoms with Gasteiger partial charge in [0.2, 0.25) is 0 Å². The molecule has 2 aromatic carbocycles. The molecule has 0 saturated carbocycles. The van der Waals surface area contributed by atoms with Gasteiger partial charge in [-0.25, -0.2) is 0 Å². The van der Waals surface area contributed by atoms with Gasteiger partial charge in [0.15, 0.2) is 0 Å². The molecule has 0 aliphatic heterocycles. The van der Waals surface area contributed by atoms with Gasteiger partial charge in [-0.2, -0.15) is 0 Å². The van der Waals surface area contributed by atoms with E-state index in [0.717, 1.165) is 11.3 Å². The molecule has 0 aliphatic carbocycles. The highest BCUT2D eigenvalue weighted by molar-refractivity contribution is 5.94. The van der Waals surface area contributed by atoms with Crippen LogP contribution in [0.4, 0.5) is 0 Å². The summed E-state index contributed by atoms with van der Waals surface area (Å²) in [7, 11) is 3.30. The fourth-order valence-corrected chi connectivity index (χ4v) is 2.20. The molecular weight excluding hydrogens is 266 g/mol. The van der Waals surface area contributed by atoms with Gasteiger partial charge in [-0.15, -0.1) is 0 Å². The number of carbonyl (C=O) groups excluding carboxylic acids is 1. The van der Waals surface area contributed by atoms with Crippen LogP contribution in [0.5, 0.6) is 5.75 Å². The Morgan fingerprint density at radius 3 is 2.29 bits per heavy atom. The van der Waals surface area contributed by atoms with Crippen LogP contribution in [-0.2, 0) is 0 Å². The largest absolute Gasteiger partial charge is 0.497 e. The van der Waals surface area contributed by atoms with Crippen LogP contribution in [0.1, 0.15) is 22.0 Å². The zero-order valence-corrected chi connectivity index (χ0v) is 12.2. The number of hydrogen-bond donors (Lipinski definition) is 1. The van der Waals surface area contributed by atoms with E-state index in [1.54, 1.807) is 31.2 Å². The monoisotopic (exact) mass is 285 g/mol. The number of nitrogens with zero attached hydrogens (tertiary/aromatic N) is 1. The summed E-state index contributed by atoms with van der Waals surface area (Å²) in [6.07, 6.45) is 0. The van der Waals surface area contributed by atoms with Crippen LogP contribution in [0.3, 0.4) is 0 Å². The molecular formula is C17H19NO3. The summed E-state index contributed by atoms with van der Waals surface area (Å²) >= 11 is 0. The van der Waals surface area contributed by atoms with Gasteiger partial charge >= 0.3 is 0 Å². The number of rotatable bonds is 5. The number of aliphatic hydroxyl groups excluding tert-OH is 1. The molecule has 0 fully saturated rings. The normalized spacial score (nSPS) is 11.8. The lowest BCUT2D eigenvalue weighted by molar-refractivity contribution is 0.0658. The number of aliphatic hydroxyl groups is 1. The minimum atomic E-state index is -0.386. The van der Waals surface area contributed by atoms with Crippen molar-refractivity contribution in [3.05, 3.63) is 65.7 Å². The first-order chi connectivity index (χ1) is 10.2. The Bertz CT molecular complexity index is 581. The summed E-state index contributed by atoms with van der Waals surface area (Å²) in [5.41, 5.74) is 1.47. The summed E-state index contributed by atoms with van der Waals surface area (Å²) in [5, 5.41) is 9.65. The highest BCUT2D eigenvalue weighted by atomic mass is 16.5. The topological polar surface area (TPSA) is 49.8 Å². The number of likely N-dealkylation sites (N-methyl/N-ethyl adjacent to an activating group) is 1. The molecule has 0 heterocycles. The van der Waals surface area contributed by atoms with Crippen LogP contribution >= 0.6 is 0 Å². The fourth-order valence-electron chi connectivity index (χ4n) is 2.20. The number of carbonyl (C=O) groups is 1. The highest BCUT2D eigenvalue weighted by Gasteiger charge is 2.21. The van der Waals surface area contributed by atoms with Crippen molar-refractivity contribution in [2.75, 3.05) is 20.8 Å². The lowest BCUT2D eigenvalue weighted by Gasteiger charge is -2.27. The Morgan fingerprint density at radius 2 is 1.76 bits per heavy atom. The molecule has 0 spiro atoms. The Morgan fingerprint density at radius 1 is 1.14 bits per heavy atom. The zero-order valence-electron chi connectivity index (χ0n) is 12.2. The maximum atomic E-state index is 12.4. The van der Waals surface area contributed by atoms with Crippen molar-refractivity contribution >= 4 is 5.91 Å². The smallest absolute Gasteiger partial charge is 0.254 e. The number of amides is 1. The summed E-state index contributed by atoms with van der Waals surface area (Å²) in [5.74, 6) is 0.623. The van der Waals surface area contributed by atoms with E-state index in [2.05, 4.69) is 0 Å². The number of ether oxygens (including phenoxy) is 1. The number of hydrogen-bond acceptors (Lipinski definition) is 3. The van der Waals surface area contributed by atoms with E-state index >= 15 is 0 Å².